The number of hydrogen-bond acceptors (Lipinski definition) is 7. The van der Waals surface area contributed by atoms with E-state index in [-0.39, 0.29) is 21.4 Å². The van der Waals surface area contributed by atoms with Gasteiger partial charge in [0, 0.05) is 0 Å². The van der Waals surface area contributed by atoms with Crippen molar-refractivity contribution >= 4 is 44.7 Å². The van der Waals surface area contributed by atoms with Gasteiger partial charge in [-0.3, -0.25) is 5.41 Å². The van der Waals surface area contributed by atoms with E-state index in [0.717, 1.165) is 11.3 Å². The largest absolute Gasteiger partial charge is 0.491 e. The van der Waals surface area contributed by atoms with Gasteiger partial charge in [0.1, 0.15) is 11.6 Å². The Hall–Kier alpha value is -2.83. The monoisotopic (exact) mass is 500 g/mol. The first-order chi connectivity index (χ1) is 14.9. The zero-order valence-corrected chi connectivity index (χ0v) is 18.7. The van der Waals surface area contributed by atoms with Gasteiger partial charge in [0.25, 0.3) is 0 Å². The molecule has 0 unspecified atom stereocenters. The Bertz CT molecular complexity index is 1280. The van der Waals surface area contributed by atoms with Crippen molar-refractivity contribution in [3.8, 4) is 16.9 Å². The van der Waals surface area contributed by atoms with E-state index in [4.69, 9.17) is 11.1 Å². The van der Waals surface area contributed by atoms with Gasteiger partial charge in [0.05, 0.1) is 18.9 Å². The fourth-order valence-electron chi connectivity index (χ4n) is 2.67. The molecule has 0 aliphatic carbocycles. The molecule has 0 spiro atoms. The second-order valence-electron chi connectivity index (χ2n) is 6.32. The van der Waals surface area contributed by atoms with E-state index < -0.39 is 22.0 Å². The molecule has 0 fully saturated rings. The summed E-state index contributed by atoms with van der Waals surface area (Å²) in [6, 6.07) is 12.6. The molecule has 3 N–H and O–H groups in total. The maximum Gasteiger partial charge on any atom is 0.491 e. The topological polar surface area (TPSA) is 110 Å². The molecule has 2 aromatic carbocycles. The van der Waals surface area contributed by atoms with Gasteiger partial charge >= 0.3 is 12.1 Å². The average Bonchev–Trinajstić information content (AvgIpc) is 3.19. The molecule has 0 bridgehead atoms. The number of nitrogens with one attached hydrogen (secondary N) is 1. The Morgan fingerprint density at radius 3 is 2.31 bits per heavy atom. The molecular formula is C20H15F3N2O4S3. The van der Waals surface area contributed by atoms with Gasteiger partial charge < -0.3 is 10.5 Å². The van der Waals surface area contributed by atoms with Crippen molar-refractivity contribution in [2.45, 2.75) is 20.2 Å². The summed E-state index contributed by atoms with van der Waals surface area (Å²) in [5.74, 6) is -2.85. The predicted octanol–water partition coefficient (Wildman–Crippen LogP) is 4.72. The maximum absolute atomic E-state index is 13.2. The van der Waals surface area contributed by atoms with E-state index in [0.29, 0.717) is 20.2 Å². The Morgan fingerprint density at radius 1 is 1.09 bits per heavy atom. The minimum Gasteiger partial charge on any atom is -0.420 e. The summed E-state index contributed by atoms with van der Waals surface area (Å²) in [5.41, 5.74) is 6.50. The fraction of sp³-hybridized carbons (Fsp3) is 0.100. The average molecular weight is 501 g/mol. The molecule has 1 heterocycles. The van der Waals surface area contributed by atoms with Crippen LogP contribution in [0.2, 0.25) is 0 Å². The Labute approximate surface area is 189 Å². The van der Waals surface area contributed by atoms with E-state index in [1.807, 2.05) is 0 Å². The lowest BCUT2D eigenvalue weighted by molar-refractivity contribution is -0.189. The highest BCUT2D eigenvalue weighted by Gasteiger charge is 2.41. The number of nitrogen functional groups attached to an aromatic ring is 1. The van der Waals surface area contributed by atoms with E-state index >= 15 is 0 Å². The summed E-state index contributed by atoms with van der Waals surface area (Å²) in [6.45, 7) is 0. The van der Waals surface area contributed by atoms with Crippen molar-refractivity contribution in [3.63, 3.8) is 0 Å². The molecule has 168 valence electrons. The summed E-state index contributed by atoms with van der Waals surface area (Å²) in [7, 11) is -3.92. The van der Waals surface area contributed by atoms with Gasteiger partial charge in [-0.05, 0) is 47.7 Å². The van der Waals surface area contributed by atoms with Crippen LogP contribution >= 0.6 is 23.1 Å². The van der Waals surface area contributed by atoms with Gasteiger partial charge in [-0.1, -0.05) is 24.3 Å². The number of ether oxygens (including phenoxy) is 1. The summed E-state index contributed by atoms with van der Waals surface area (Å²) in [5, 5.41) is 7.56. The molecular weight excluding hydrogens is 485 g/mol. The number of amidine groups is 1. The van der Waals surface area contributed by atoms with Crippen molar-refractivity contribution in [2.75, 3.05) is 6.26 Å². The first-order valence-electron chi connectivity index (χ1n) is 8.70. The minimum absolute atomic E-state index is 0.00535. The number of sulfone groups is 1. The summed E-state index contributed by atoms with van der Waals surface area (Å²) in [6.07, 6.45) is -3.39. The van der Waals surface area contributed by atoms with Gasteiger partial charge in [0.15, 0.2) is 0 Å². The lowest BCUT2D eigenvalue weighted by atomic mass is 10.1. The number of hydrogen-bond donors (Lipinski definition) is 2. The third kappa shape index (κ3) is 4.97. The quantitative estimate of drug-likeness (QED) is 0.167. The lowest BCUT2D eigenvalue weighted by Crippen LogP contribution is -2.27. The van der Waals surface area contributed by atoms with Crippen molar-refractivity contribution in [1.29, 1.82) is 5.41 Å². The number of nitrogens with two attached hydrogens (primary N) is 1. The highest BCUT2D eigenvalue weighted by molar-refractivity contribution is 8.01. The smallest absolute Gasteiger partial charge is 0.420 e. The van der Waals surface area contributed by atoms with E-state index in [2.05, 4.69) is 4.74 Å². The highest BCUT2D eigenvalue weighted by Crippen LogP contribution is 2.37. The van der Waals surface area contributed by atoms with Crippen LogP contribution in [0.1, 0.15) is 4.88 Å². The normalized spacial score (nSPS) is 11.9. The van der Waals surface area contributed by atoms with Crippen LogP contribution in [-0.2, 0) is 14.6 Å². The maximum atomic E-state index is 13.2. The number of thioether (sulfide) groups is 1. The molecule has 0 atom stereocenters. The SMILES string of the molecule is CSc1sc(C(=N)N)cc1S(=O)(=O)c1cccc(-c2ccc(OC(=O)C(F)(F)F)cc2)c1. The van der Waals surface area contributed by atoms with E-state index in [9.17, 15) is 26.4 Å². The number of rotatable bonds is 6. The zero-order valence-electron chi connectivity index (χ0n) is 16.3. The number of thiophene rings is 1. The predicted molar refractivity (Wildman–Crippen MR) is 116 cm³/mol. The van der Waals surface area contributed by atoms with Gasteiger partial charge in [-0.2, -0.15) is 13.2 Å². The second-order valence-corrected chi connectivity index (χ2v) is 10.4. The molecule has 0 saturated heterocycles. The van der Waals surface area contributed by atoms with Gasteiger partial charge in [-0.15, -0.1) is 23.1 Å². The third-order valence-electron chi connectivity index (χ3n) is 4.18. The molecule has 0 radical (unpaired) electrons. The molecule has 0 saturated carbocycles. The standard InChI is InChI=1S/C20H15F3N2O4S3/c1-30-18-16(10-15(31-18)17(24)25)32(27,28)14-4-2-3-12(9-14)11-5-7-13(8-6-11)29-19(26)20(21,22)23/h2-10H,1H3,(H3,24,25). The van der Waals surface area contributed by atoms with Crippen LogP contribution in [0.3, 0.4) is 0 Å². The Morgan fingerprint density at radius 2 is 1.75 bits per heavy atom. The van der Waals surface area contributed by atoms with Crippen LogP contribution in [0, 0.1) is 5.41 Å². The highest BCUT2D eigenvalue weighted by atomic mass is 32.2. The first-order valence-corrected chi connectivity index (χ1v) is 12.2. The fourth-order valence-corrected chi connectivity index (χ4v) is 6.57. The Balaban J connectivity index is 1.93. The molecule has 0 amide bonds. The third-order valence-corrected chi connectivity index (χ3v) is 8.52. The van der Waals surface area contributed by atoms with Crippen molar-refractivity contribution in [1.82, 2.24) is 0 Å². The number of alkyl halides is 3. The van der Waals surface area contributed by atoms with E-state index in [1.54, 1.807) is 12.3 Å². The van der Waals surface area contributed by atoms with Crippen LogP contribution in [-0.4, -0.2) is 32.7 Å². The molecule has 3 aromatic rings. The Kier molecular flexibility index (Phi) is 6.67. The summed E-state index contributed by atoms with van der Waals surface area (Å²) in [4.78, 5) is 11.3. The number of carbonyl (C=O) groups excluding carboxylic acids is 1. The molecule has 12 heteroatoms. The number of carbonyl (C=O) groups is 1. The zero-order chi connectivity index (χ0) is 23.7. The summed E-state index contributed by atoms with van der Waals surface area (Å²) >= 11 is 2.34. The van der Waals surface area contributed by atoms with Gasteiger partial charge in [-0.25, -0.2) is 13.2 Å². The molecule has 32 heavy (non-hydrogen) atoms. The van der Waals surface area contributed by atoms with Crippen LogP contribution in [0.4, 0.5) is 13.2 Å². The molecule has 0 aliphatic heterocycles. The van der Waals surface area contributed by atoms with Crippen LogP contribution in [0.15, 0.2) is 68.6 Å². The van der Waals surface area contributed by atoms with Crippen molar-refractivity contribution in [3.05, 3.63) is 59.5 Å². The molecule has 3 rings (SSSR count). The minimum atomic E-state index is -5.11. The lowest BCUT2D eigenvalue weighted by Gasteiger charge is -2.09. The van der Waals surface area contributed by atoms with Crippen LogP contribution < -0.4 is 10.5 Å². The van der Waals surface area contributed by atoms with Crippen LogP contribution in [0.25, 0.3) is 11.1 Å². The molecule has 0 aliphatic rings. The number of benzene rings is 2. The molecule has 1 aromatic heterocycles. The first kappa shape index (κ1) is 23.8. The number of halogens is 3. The van der Waals surface area contributed by atoms with E-state index in [1.165, 1.54) is 60.3 Å². The second kappa shape index (κ2) is 8.96. The van der Waals surface area contributed by atoms with Crippen LogP contribution in [0.5, 0.6) is 5.75 Å². The van der Waals surface area contributed by atoms with Crippen molar-refractivity contribution in [2.24, 2.45) is 5.73 Å². The molecule has 6 nitrogen and oxygen atoms in total. The number of esters is 1. The summed E-state index contributed by atoms with van der Waals surface area (Å²) < 4.78 is 68.2. The van der Waals surface area contributed by atoms with Crippen molar-refractivity contribution < 1.29 is 31.1 Å². The van der Waals surface area contributed by atoms with Gasteiger partial charge in [0.2, 0.25) is 9.84 Å².